The third-order valence-electron chi connectivity index (χ3n) is 3.98. The first-order valence-corrected chi connectivity index (χ1v) is 10.3. The zero-order chi connectivity index (χ0) is 20.9. The van der Waals surface area contributed by atoms with E-state index in [9.17, 15) is 18.0 Å². The molecule has 0 unspecified atom stereocenters. The second-order valence-electron chi connectivity index (χ2n) is 6.69. The molecule has 0 saturated heterocycles. The summed E-state index contributed by atoms with van der Waals surface area (Å²) in [6, 6.07) is 10.4. The van der Waals surface area contributed by atoms with E-state index in [1.165, 1.54) is 6.92 Å². The molecule has 0 spiro atoms. The Kier molecular flexibility index (Phi) is 6.93. The molecule has 0 saturated carbocycles. The first kappa shape index (κ1) is 21.6. The van der Waals surface area contributed by atoms with Gasteiger partial charge in [0.15, 0.2) is 0 Å². The van der Waals surface area contributed by atoms with Gasteiger partial charge in [-0.3, -0.25) is 9.59 Å². The number of carbonyl (C=O) groups excluding carboxylic acids is 2. The van der Waals surface area contributed by atoms with Gasteiger partial charge in [-0.05, 0) is 50.1 Å². The van der Waals surface area contributed by atoms with Crippen LogP contribution in [0.4, 0.5) is 11.4 Å². The molecule has 0 radical (unpaired) electrons. The van der Waals surface area contributed by atoms with Crippen molar-refractivity contribution in [3.63, 3.8) is 0 Å². The smallest absolute Gasteiger partial charge is 0.241 e. The predicted molar refractivity (Wildman–Crippen MR) is 110 cm³/mol. The third kappa shape index (κ3) is 5.90. The van der Waals surface area contributed by atoms with Crippen molar-refractivity contribution in [1.29, 1.82) is 0 Å². The molecule has 0 aliphatic carbocycles. The van der Waals surface area contributed by atoms with Gasteiger partial charge < -0.3 is 10.6 Å². The van der Waals surface area contributed by atoms with E-state index in [0.717, 1.165) is 5.56 Å². The molecule has 2 rings (SSSR count). The third-order valence-corrected chi connectivity index (χ3v) is 5.75. The Balaban J connectivity index is 1.96. The Bertz CT molecular complexity index is 977. The van der Waals surface area contributed by atoms with E-state index in [1.807, 2.05) is 19.1 Å². The molecule has 0 aliphatic rings. The van der Waals surface area contributed by atoms with Gasteiger partial charge in [-0.25, -0.2) is 13.1 Å². The van der Waals surface area contributed by atoms with Gasteiger partial charge in [-0.15, -0.1) is 0 Å². The lowest BCUT2D eigenvalue weighted by molar-refractivity contribution is -0.116. The second-order valence-corrected chi connectivity index (χ2v) is 8.39. The Morgan fingerprint density at radius 2 is 1.50 bits per heavy atom. The fraction of sp³-hybridized carbons (Fsp3) is 0.300. The van der Waals surface area contributed by atoms with Crippen molar-refractivity contribution in [2.24, 2.45) is 0 Å². The van der Waals surface area contributed by atoms with Crippen LogP contribution in [0.25, 0.3) is 0 Å². The summed E-state index contributed by atoms with van der Waals surface area (Å²) in [7, 11) is -3.70. The van der Waals surface area contributed by atoms with Gasteiger partial charge in [0.2, 0.25) is 21.8 Å². The Morgan fingerprint density at radius 1 is 0.929 bits per heavy atom. The van der Waals surface area contributed by atoms with E-state index in [0.29, 0.717) is 22.5 Å². The van der Waals surface area contributed by atoms with Gasteiger partial charge in [0, 0.05) is 31.3 Å². The molecular weight excluding hydrogens is 378 g/mol. The summed E-state index contributed by atoms with van der Waals surface area (Å²) >= 11 is 0. The molecule has 2 aromatic carbocycles. The average molecular weight is 404 g/mol. The molecule has 3 N–H and O–H groups in total. The number of nitrogens with one attached hydrogen (secondary N) is 3. The van der Waals surface area contributed by atoms with E-state index in [2.05, 4.69) is 15.4 Å². The van der Waals surface area contributed by atoms with Gasteiger partial charge in [0.05, 0.1) is 4.90 Å². The van der Waals surface area contributed by atoms with E-state index in [-0.39, 0.29) is 29.7 Å². The van der Waals surface area contributed by atoms with Crippen LogP contribution < -0.4 is 15.4 Å². The number of aryl methyl sites for hydroxylation is 3. The van der Waals surface area contributed by atoms with Gasteiger partial charge in [0.1, 0.15) is 0 Å². The Hall–Kier alpha value is -2.71. The SMILES string of the molecule is CC(=O)Nc1cccc(NC(=O)CCNS(=O)(=O)c2c(C)cc(C)cc2C)c1. The number of rotatable bonds is 7. The topological polar surface area (TPSA) is 104 Å². The zero-order valence-corrected chi connectivity index (χ0v) is 17.2. The number of anilines is 2. The van der Waals surface area contributed by atoms with Crippen LogP contribution in [0.2, 0.25) is 0 Å². The van der Waals surface area contributed by atoms with Gasteiger partial charge >= 0.3 is 0 Å². The molecular formula is C20H25N3O4S. The van der Waals surface area contributed by atoms with Crippen LogP contribution in [-0.4, -0.2) is 26.8 Å². The minimum atomic E-state index is -3.70. The standard InChI is InChI=1S/C20H25N3O4S/c1-13-10-14(2)20(15(3)11-13)28(26,27)21-9-8-19(25)23-18-7-5-6-17(12-18)22-16(4)24/h5-7,10-12,21H,8-9H2,1-4H3,(H,22,24)(H,23,25). The Morgan fingerprint density at radius 3 is 2.07 bits per heavy atom. The summed E-state index contributed by atoms with van der Waals surface area (Å²) in [5.41, 5.74) is 3.42. The highest BCUT2D eigenvalue weighted by Crippen LogP contribution is 2.21. The average Bonchev–Trinajstić information content (AvgIpc) is 2.52. The number of amides is 2. The minimum Gasteiger partial charge on any atom is -0.326 e. The first-order valence-electron chi connectivity index (χ1n) is 8.83. The highest BCUT2D eigenvalue weighted by atomic mass is 32.2. The molecule has 28 heavy (non-hydrogen) atoms. The number of sulfonamides is 1. The predicted octanol–water partition coefficient (Wildman–Crippen LogP) is 2.88. The van der Waals surface area contributed by atoms with Crippen LogP contribution in [0.3, 0.4) is 0 Å². The Labute approximate surface area is 165 Å². The van der Waals surface area contributed by atoms with Gasteiger partial charge in [0.25, 0.3) is 0 Å². The lowest BCUT2D eigenvalue weighted by Crippen LogP contribution is -2.29. The summed E-state index contributed by atoms with van der Waals surface area (Å²) in [5.74, 6) is -0.542. The molecule has 150 valence electrons. The summed E-state index contributed by atoms with van der Waals surface area (Å²) in [6.45, 7) is 6.79. The normalized spacial score (nSPS) is 11.1. The van der Waals surface area contributed by atoms with Crippen molar-refractivity contribution >= 4 is 33.2 Å². The fourth-order valence-electron chi connectivity index (χ4n) is 3.06. The van der Waals surface area contributed by atoms with Crippen molar-refractivity contribution in [2.45, 2.75) is 39.0 Å². The van der Waals surface area contributed by atoms with Gasteiger partial charge in [-0.2, -0.15) is 0 Å². The minimum absolute atomic E-state index is 0.0203. The van der Waals surface area contributed by atoms with E-state index < -0.39 is 10.0 Å². The summed E-state index contributed by atoms with van der Waals surface area (Å²) in [5, 5.41) is 5.32. The molecule has 0 bridgehead atoms. The molecule has 2 amide bonds. The van der Waals surface area contributed by atoms with Crippen molar-refractivity contribution in [3.05, 3.63) is 53.1 Å². The molecule has 2 aromatic rings. The van der Waals surface area contributed by atoms with Crippen molar-refractivity contribution in [2.75, 3.05) is 17.2 Å². The van der Waals surface area contributed by atoms with Crippen molar-refractivity contribution in [3.8, 4) is 0 Å². The van der Waals surface area contributed by atoms with Crippen molar-refractivity contribution in [1.82, 2.24) is 4.72 Å². The van der Waals surface area contributed by atoms with E-state index >= 15 is 0 Å². The lowest BCUT2D eigenvalue weighted by atomic mass is 10.1. The highest BCUT2D eigenvalue weighted by molar-refractivity contribution is 7.89. The molecule has 7 nitrogen and oxygen atoms in total. The van der Waals surface area contributed by atoms with Crippen molar-refractivity contribution < 1.29 is 18.0 Å². The zero-order valence-electron chi connectivity index (χ0n) is 16.4. The van der Waals surface area contributed by atoms with Gasteiger partial charge in [-0.1, -0.05) is 23.8 Å². The van der Waals surface area contributed by atoms with Crippen LogP contribution in [0, 0.1) is 20.8 Å². The maximum Gasteiger partial charge on any atom is 0.241 e. The molecule has 0 fully saturated rings. The summed E-state index contributed by atoms with van der Waals surface area (Å²) < 4.78 is 27.7. The molecule has 0 aliphatic heterocycles. The molecule has 0 heterocycles. The number of hydrogen-bond acceptors (Lipinski definition) is 4. The number of benzene rings is 2. The van der Waals surface area contributed by atoms with Crippen LogP contribution >= 0.6 is 0 Å². The quantitative estimate of drug-likeness (QED) is 0.661. The van der Waals surface area contributed by atoms with E-state index in [4.69, 9.17) is 0 Å². The maximum absolute atomic E-state index is 12.6. The van der Waals surface area contributed by atoms with Crippen LogP contribution in [0.1, 0.15) is 30.0 Å². The summed E-state index contributed by atoms with van der Waals surface area (Å²) in [6.07, 6.45) is -0.0203. The fourth-order valence-corrected chi connectivity index (χ4v) is 4.54. The molecule has 8 heteroatoms. The molecule has 0 atom stereocenters. The molecule has 0 aromatic heterocycles. The largest absolute Gasteiger partial charge is 0.326 e. The second kappa shape index (κ2) is 8.99. The van der Waals surface area contributed by atoms with Crippen LogP contribution in [0.5, 0.6) is 0 Å². The number of carbonyl (C=O) groups is 2. The maximum atomic E-state index is 12.6. The van der Waals surface area contributed by atoms with E-state index in [1.54, 1.807) is 38.1 Å². The van der Waals surface area contributed by atoms with Crippen LogP contribution in [-0.2, 0) is 19.6 Å². The monoisotopic (exact) mass is 403 g/mol. The highest BCUT2D eigenvalue weighted by Gasteiger charge is 2.19. The first-order chi connectivity index (χ1) is 13.1. The lowest BCUT2D eigenvalue weighted by Gasteiger charge is -2.13. The summed E-state index contributed by atoms with van der Waals surface area (Å²) in [4.78, 5) is 23.5. The van der Waals surface area contributed by atoms with Crippen LogP contribution in [0.15, 0.2) is 41.3 Å². The number of hydrogen-bond donors (Lipinski definition) is 3.